The molecule has 1 aromatic rings. The molecule has 1 fully saturated rings. The van der Waals surface area contributed by atoms with Crippen LogP contribution in [0, 0.1) is 5.41 Å². The third-order valence-corrected chi connectivity index (χ3v) is 3.11. The second-order valence-corrected chi connectivity index (χ2v) is 4.69. The van der Waals surface area contributed by atoms with Crippen molar-refractivity contribution in [1.29, 1.82) is 0 Å². The van der Waals surface area contributed by atoms with Gasteiger partial charge in [-0.15, -0.1) is 0 Å². The van der Waals surface area contributed by atoms with E-state index in [2.05, 4.69) is 31.2 Å². The second kappa shape index (κ2) is 3.56. The lowest BCUT2D eigenvalue weighted by molar-refractivity contribution is -0.117. The van der Waals surface area contributed by atoms with E-state index < -0.39 is 0 Å². The Balaban J connectivity index is 2.08. The molecule has 1 heteroatoms. The highest BCUT2D eigenvalue weighted by Crippen LogP contribution is 2.38. The van der Waals surface area contributed by atoms with Gasteiger partial charge in [-0.2, -0.15) is 0 Å². The zero-order valence-corrected chi connectivity index (χ0v) is 8.62. The maximum atomic E-state index is 11.2. The summed E-state index contributed by atoms with van der Waals surface area (Å²) in [4.78, 5) is 11.2. The third kappa shape index (κ3) is 2.03. The van der Waals surface area contributed by atoms with Gasteiger partial charge in [0.25, 0.3) is 0 Å². The smallest absolute Gasteiger partial charge is 0.133 e. The van der Waals surface area contributed by atoms with E-state index in [0.717, 1.165) is 25.7 Å². The summed E-state index contributed by atoms with van der Waals surface area (Å²) >= 11 is 0. The summed E-state index contributed by atoms with van der Waals surface area (Å²) in [6.45, 7) is 2.23. The minimum atomic E-state index is 0.221. The van der Waals surface area contributed by atoms with Gasteiger partial charge in [0, 0.05) is 12.8 Å². The Morgan fingerprint density at radius 1 is 1.29 bits per heavy atom. The highest BCUT2D eigenvalue weighted by Gasteiger charge is 2.33. The molecule has 1 aromatic carbocycles. The van der Waals surface area contributed by atoms with E-state index in [4.69, 9.17) is 0 Å². The first-order chi connectivity index (χ1) is 6.68. The van der Waals surface area contributed by atoms with Gasteiger partial charge in [-0.3, -0.25) is 4.79 Å². The maximum Gasteiger partial charge on any atom is 0.133 e. The summed E-state index contributed by atoms with van der Waals surface area (Å²) in [5.74, 6) is 0.434. The van der Waals surface area contributed by atoms with Gasteiger partial charge in [0.2, 0.25) is 0 Å². The molecule has 1 aliphatic rings. The van der Waals surface area contributed by atoms with Crippen molar-refractivity contribution in [1.82, 2.24) is 0 Å². The SMILES string of the molecule is CC1(Cc2ccccc2)CCC(=O)C1. The van der Waals surface area contributed by atoms with Crippen molar-refractivity contribution >= 4 is 5.78 Å². The van der Waals surface area contributed by atoms with Crippen molar-refractivity contribution in [2.24, 2.45) is 5.41 Å². The molecular formula is C13H16O. The van der Waals surface area contributed by atoms with E-state index in [1.165, 1.54) is 5.56 Å². The van der Waals surface area contributed by atoms with Crippen LogP contribution in [0.4, 0.5) is 0 Å². The molecule has 0 aliphatic heterocycles. The fourth-order valence-corrected chi connectivity index (χ4v) is 2.33. The van der Waals surface area contributed by atoms with Crippen LogP contribution < -0.4 is 0 Å². The molecule has 0 aromatic heterocycles. The average Bonchev–Trinajstić information content (AvgIpc) is 2.47. The largest absolute Gasteiger partial charge is 0.300 e. The molecule has 0 spiro atoms. The molecule has 1 saturated carbocycles. The Bertz CT molecular complexity index is 328. The number of ketones is 1. The predicted molar refractivity (Wildman–Crippen MR) is 57.1 cm³/mol. The van der Waals surface area contributed by atoms with Crippen LogP contribution in [0.15, 0.2) is 30.3 Å². The summed E-state index contributed by atoms with van der Waals surface area (Å²) in [6.07, 6.45) is 3.64. The molecule has 74 valence electrons. The molecule has 0 heterocycles. The normalized spacial score (nSPS) is 26.8. The first-order valence-corrected chi connectivity index (χ1v) is 5.24. The topological polar surface area (TPSA) is 17.1 Å². The average molecular weight is 188 g/mol. The van der Waals surface area contributed by atoms with Crippen molar-refractivity contribution in [3.8, 4) is 0 Å². The fraction of sp³-hybridized carbons (Fsp3) is 0.462. The Labute approximate surface area is 85.1 Å². The molecule has 0 N–H and O–H groups in total. The van der Waals surface area contributed by atoms with Crippen LogP contribution >= 0.6 is 0 Å². The van der Waals surface area contributed by atoms with Crippen LogP contribution in [0.5, 0.6) is 0 Å². The fourth-order valence-electron chi connectivity index (χ4n) is 2.33. The van der Waals surface area contributed by atoms with E-state index in [1.807, 2.05) is 6.07 Å². The van der Waals surface area contributed by atoms with Crippen LogP contribution in [0.1, 0.15) is 31.7 Å². The number of rotatable bonds is 2. The van der Waals surface area contributed by atoms with Crippen LogP contribution in [-0.4, -0.2) is 5.78 Å². The summed E-state index contributed by atoms with van der Waals surface area (Å²) in [5.41, 5.74) is 1.57. The molecule has 1 atom stereocenters. The standard InChI is InChI=1S/C13H16O/c1-13(8-7-12(14)10-13)9-11-5-3-2-4-6-11/h2-6H,7-10H2,1H3. The first-order valence-electron chi connectivity index (χ1n) is 5.24. The number of carbonyl (C=O) groups excluding carboxylic acids is 1. The predicted octanol–water partition coefficient (Wildman–Crippen LogP) is 2.99. The number of hydrogen-bond acceptors (Lipinski definition) is 1. The Morgan fingerprint density at radius 2 is 2.00 bits per heavy atom. The lowest BCUT2D eigenvalue weighted by atomic mass is 9.82. The molecule has 14 heavy (non-hydrogen) atoms. The Hall–Kier alpha value is -1.11. The first kappa shape index (κ1) is 9.45. The van der Waals surface area contributed by atoms with Crippen LogP contribution in [0.3, 0.4) is 0 Å². The van der Waals surface area contributed by atoms with E-state index in [-0.39, 0.29) is 5.41 Å². The van der Waals surface area contributed by atoms with E-state index in [1.54, 1.807) is 0 Å². The molecular weight excluding hydrogens is 172 g/mol. The second-order valence-electron chi connectivity index (χ2n) is 4.69. The van der Waals surface area contributed by atoms with Crippen molar-refractivity contribution in [3.63, 3.8) is 0 Å². The van der Waals surface area contributed by atoms with Gasteiger partial charge in [-0.1, -0.05) is 37.3 Å². The van der Waals surface area contributed by atoms with E-state index >= 15 is 0 Å². The quantitative estimate of drug-likeness (QED) is 0.697. The van der Waals surface area contributed by atoms with Gasteiger partial charge in [-0.05, 0) is 23.8 Å². The summed E-state index contributed by atoms with van der Waals surface area (Å²) < 4.78 is 0. The minimum Gasteiger partial charge on any atom is -0.300 e. The van der Waals surface area contributed by atoms with Gasteiger partial charge in [0.1, 0.15) is 5.78 Å². The zero-order valence-electron chi connectivity index (χ0n) is 8.62. The Kier molecular flexibility index (Phi) is 2.40. The van der Waals surface area contributed by atoms with Crippen molar-refractivity contribution in [3.05, 3.63) is 35.9 Å². The number of hydrogen-bond donors (Lipinski definition) is 0. The zero-order chi connectivity index (χ0) is 10.0. The Morgan fingerprint density at radius 3 is 2.57 bits per heavy atom. The number of carbonyl (C=O) groups is 1. The van der Waals surface area contributed by atoms with Crippen LogP contribution in [0.25, 0.3) is 0 Å². The summed E-state index contributed by atoms with van der Waals surface area (Å²) in [5, 5.41) is 0. The summed E-state index contributed by atoms with van der Waals surface area (Å²) in [7, 11) is 0. The lowest BCUT2D eigenvalue weighted by Gasteiger charge is -2.22. The molecule has 1 aliphatic carbocycles. The van der Waals surface area contributed by atoms with E-state index in [0.29, 0.717) is 5.78 Å². The molecule has 0 radical (unpaired) electrons. The molecule has 2 rings (SSSR count). The third-order valence-electron chi connectivity index (χ3n) is 3.11. The van der Waals surface area contributed by atoms with Crippen molar-refractivity contribution in [2.75, 3.05) is 0 Å². The highest BCUT2D eigenvalue weighted by molar-refractivity contribution is 5.81. The molecule has 0 bridgehead atoms. The van der Waals surface area contributed by atoms with Gasteiger partial charge >= 0.3 is 0 Å². The monoisotopic (exact) mass is 188 g/mol. The molecule has 0 saturated heterocycles. The maximum absolute atomic E-state index is 11.2. The number of benzene rings is 1. The van der Waals surface area contributed by atoms with E-state index in [9.17, 15) is 4.79 Å². The van der Waals surface area contributed by atoms with Gasteiger partial charge in [0.15, 0.2) is 0 Å². The number of Topliss-reactive ketones (excluding diaryl/α,β-unsaturated/α-hetero) is 1. The highest BCUT2D eigenvalue weighted by atomic mass is 16.1. The molecule has 0 amide bonds. The van der Waals surface area contributed by atoms with Crippen LogP contribution in [-0.2, 0) is 11.2 Å². The molecule has 1 unspecified atom stereocenters. The summed E-state index contributed by atoms with van der Waals surface area (Å²) in [6, 6.07) is 10.5. The molecule has 1 nitrogen and oxygen atoms in total. The van der Waals surface area contributed by atoms with Crippen molar-refractivity contribution in [2.45, 2.75) is 32.6 Å². The van der Waals surface area contributed by atoms with Crippen LogP contribution in [0.2, 0.25) is 0 Å². The lowest BCUT2D eigenvalue weighted by Crippen LogP contribution is -2.15. The minimum absolute atomic E-state index is 0.221. The van der Waals surface area contributed by atoms with Gasteiger partial charge in [0.05, 0.1) is 0 Å². The van der Waals surface area contributed by atoms with Gasteiger partial charge in [-0.25, -0.2) is 0 Å². The van der Waals surface area contributed by atoms with Crippen molar-refractivity contribution < 1.29 is 4.79 Å². The van der Waals surface area contributed by atoms with Gasteiger partial charge < -0.3 is 0 Å².